The fourth-order valence-corrected chi connectivity index (χ4v) is 3.80. The highest BCUT2D eigenvalue weighted by Crippen LogP contribution is 2.25. The largest absolute Gasteiger partial charge is 0.463 e. The molecule has 1 aliphatic heterocycles. The van der Waals surface area contributed by atoms with E-state index in [0.717, 1.165) is 16.8 Å². The van der Waals surface area contributed by atoms with Crippen LogP contribution in [0, 0.1) is 4.91 Å². The SMILES string of the molecule is O=Nc1ccc(CC2Nc3c(Cc4ccccc4)nc(-c4ccco4)c[n+]3C2=O)cc1. The van der Waals surface area contributed by atoms with Crippen LogP contribution in [0.2, 0.25) is 0 Å². The second-order valence-corrected chi connectivity index (χ2v) is 7.43. The molecule has 0 amide bonds. The Bertz CT molecular complexity index is 1240. The van der Waals surface area contributed by atoms with Gasteiger partial charge in [0.05, 0.1) is 6.26 Å². The third-order valence-corrected chi connectivity index (χ3v) is 5.34. The van der Waals surface area contributed by atoms with Gasteiger partial charge in [-0.15, -0.1) is 4.91 Å². The molecule has 0 bridgehead atoms. The molecular formula is C24H19N4O3+. The number of hydrogen-bond donors (Lipinski definition) is 1. The van der Waals surface area contributed by atoms with Gasteiger partial charge in [0, 0.05) is 12.8 Å². The number of furan rings is 1. The Morgan fingerprint density at radius 2 is 1.81 bits per heavy atom. The highest BCUT2D eigenvalue weighted by Gasteiger charge is 2.41. The number of nitrogens with one attached hydrogen (secondary N) is 1. The van der Waals surface area contributed by atoms with Crippen molar-refractivity contribution in [1.82, 2.24) is 4.98 Å². The van der Waals surface area contributed by atoms with E-state index in [4.69, 9.17) is 9.40 Å². The first-order valence-electron chi connectivity index (χ1n) is 9.98. The summed E-state index contributed by atoms with van der Waals surface area (Å²) in [4.78, 5) is 28.7. The van der Waals surface area contributed by atoms with Gasteiger partial charge in [-0.25, -0.2) is 9.78 Å². The number of aromatic nitrogens is 2. The highest BCUT2D eigenvalue weighted by molar-refractivity contribution is 5.82. The van der Waals surface area contributed by atoms with Gasteiger partial charge in [-0.1, -0.05) is 42.5 Å². The van der Waals surface area contributed by atoms with Crippen molar-refractivity contribution in [3.05, 3.63) is 101 Å². The molecule has 0 fully saturated rings. The standard InChI is InChI=1S/C24H18N4O3/c29-24-20(14-17-8-10-18(27-30)11-9-17)26-23-19(13-16-5-2-1-3-6-16)25-21(15-28(23)24)22-7-4-12-31-22/h1-12,15,20H,13-14H2/p+1. The molecule has 2 aromatic heterocycles. The van der Waals surface area contributed by atoms with Crippen LogP contribution in [0.1, 0.15) is 21.6 Å². The quantitative estimate of drug-likeness (QED) is 0.378. The topological polar surface area (TPSA) is 88.4 Å². The maximum atomic E-state index is 13.2. The average Bonchev–Trinajstić information content (AvgIpc) is 3.45. The van der Waals surface area contributed by atoms with Gasteiger partial charge in [-0.2, -0.15) is 4.57 Å². The van der Waals surface area contributed by atoms with E-state index in [1.165, 1.54) is 0 Å². The van der Waals surface area contributed by atoms with Crippen molar-refractivity contribution in [3.8, 4) is 11.5 Å². The molecule has 4 aromatic rings. The number of nitrogens with zero attached hydrogens (tertiary/aromatic N) is 3. The first-order chi connectivity index (χ1) is 15.2. The Morgan fingerprint density at radius 1 is 1.00 bits per heavy atom. The van der Waals surface area contributed by atoms with Crippen LogP contribution in [-0.2, 0) is 12.8 Å². The summed E-state index contributed by atoms with van der Waals surface area (Å²) in [5.41, 5.74) is 3.79. The van der Waals surface area contributed by atoms with Crippen LogP contribution in [0.15, 0.2) is 88.8 Å². The Balaban J connectivity index is 1.50. The predicted octanol–water partition coefficient (Wildman–Crippen LogP) is 4.29. The van der Waals surface area contributed by atoms with Crippen LogP contribution in [-0.4, -0.2) is 16.9 Å². The van der Waals surface area contributed by atoms with E-state index >= 15 is 0 Å². The normalized spacial score (nSPS) is 14.8. The van der Waals surface area contributed by atoms with E-state index in [9.17, 15) is 9.70 Å². The molecule has 152 valence electrons. The minimum Gasteiger partial charge on any atom is -0.463 e. The first kappa shape index (κ1) is 18.9. The van der Waals surface area contributed by atoms with Crippen molar-refractivity contribution < 1.29 is 13.8 Å². The van der Waals surface area contributed by atoms with Crippen LogP contribution >= 0.6 is 0 Å². The number of carbonyl (C=O) groups is 1. The molecule has 7 heteroatoms. The molecule has 5 rings (SSSR count). The lowest BCUT2D eigenvalue weighted by atomic mass is 10.1. The molecule has 31 heavy (non-hydrogen) atoms. The van der Waals surface area contributed by atoms with E-state index in [1.807, 2.05) is 48.5 Å². The number of benzene rings is 2. The van der Waals surface area contributed by atoms with Crippen molar-refractivity contribution in [1.29, 1.82) is 0 Å². The molecule has 2 aromatic carbocycles. The third kappa shape index (κ3) is 3.73. The number of hydrogen-bond acceptors (Lipinski definition) is 6. The highest BCUT2D eigenvalue weighted by atomic mass is 16.3. The van der Waals surface area contributed by atoms with Crippen LogP contribution < -0.4 is 9.88 Å². The Kier molecular flexibility index (Phi) is 4.84. The van der Waals surface area contributed by atoms with E-state index in [0.29, 0.717) is 35.8 Å². The Morgan fingerprint density at radius 3 is 2.52 bits per heavy atom. The van der Waals surface area contributed by atoms with Gasteiger partial charge in [0.2, 0.25) is 0 Å². The van der Waals surface area contributed by atoms with Crippen molar-refractivity contribution in [3.63, 3.8) is 0 Å². The first-order valence-corrected chi connectivity index (χ1v) is 9.98. The fourth-order valence-electron chi connectivity index (χ4n) is 3.80. The Labute approximate surface area is 178 Å². The summed E-state index contributed by atoms with van der Waals surface area (Å²) in [5.74, 6) is 1.25. The number of rotatable bonds is 6. The summed E-state index contributed by atoms with van der Waals surface area (Å²) < 4.78 is 7.16. The maximum absolute atomic E-state index is 13.2. The van der Waals surface area contributed by atoms with Gasteiger partial charge in [0.1, 0.15) is 23.3 Å². The van der Waals surface area contributed by atoms with Crippen LogP contribution in [0.4, 0.5) is 11.5 Å². The minimum atomic E-state index is -0.432. The van der Waals surface area contributed by atoms with Crippen molar-refractivity contribution in [2.45, 2.75) is 18.9 Å². The lowest BCUT2D eigenvalue weighted by molar-refractivity contribution is -0.552. The molecule has 1 N–H and O–H groups in total. The van der Waals surface area contributed by atoms with Crippen molar-refractivity contribution in [2.24, 2.45) is 5.18 Å². The van der Waals surface area contributed by atoms with Gasteiger partial charge in [0.15, 0.2) is 11.8 Å². The van der Waals surface area contributed by atoms with E-state index in [2.05, 4.69) is 10.5 Å². The predicted molar refractivity (Wildman–Crippen MR) is 115 cm³/mol. The third-order valence-electron chi connectivity index (χ3n) is 5.34. The van der Waals surface area contributed by atoms with Gasteiger partial charge in [-0.05, 0) is 40.6 Å². The molecule has 0 spiro atoms. The molecule has 1 aliphatic rings. The zero-order valence-electron chi connectivity index (χ0n) is 16.6. The maximum Gasteiger partial charge on any atom is 0.359 e. The molecule has 1 unspecified atom stereocenters. The van der Waals surface area contributed by atoms with E-state index < -0.39 is 6.04 Å². The van der Waals surface area contributed by atoms with Crippen molar-refractivity contribution in [2.75, 3.05) is 5.32 Å². The Hall–Kier alpha value is -4.13. The number of nitroso groups, excluding NO2 is 1. The van der Waals surface area contributed by atoms with E-state index in [-0.39, 0.29) is 5.91 Å². The fraction of sp³-hybridized carbons (Fsp3) is 0.125. The molecule has 0 saturated heterocycles. The molecule has 0 radical (unpaired) electrons. The number of anilines is 1. The lowest BCUT2D eigenvalue weighted by Gasteiger charge is -2.06. The zero-order chi connectivity index (χ0) is 21.2. The van der Waals surface area contributed by atoms with Gasteiger partial charge >= 0.3 is 11.7 Å². The number of carbonyl (C=O) groups excluding carboxylic acids is 1. The zero-order valence-corrected chi connectivity index (χ0v) is 16.6. The summed E-state index contributed by atoms with van der Waals surface area (Å²) in [5, 5.41) is 6.28. The van der Waals surface area contributed by atoms with Gasteiger partial charge in [-0.3, -0.25) is 5.32 Å². The van der Waals surface area contributed by atoms with Gasteiger partial charge in [0.25, 0.3) is 0 Å². The lowest BCUT2D eigenvalue weighted by Crippen LogP contribution is -2.44. The second-order valence-electron chi connectivity index (χ2n) is 7.43. The molecule has 0 saturated carbocycles. The smallest absolute Gasteiger partial charge is 0.359 e. The molecular weight excluding hydrogens is 392 g/mol. The minimum absolute atomic E-state index is 0.0582. The van der Waals surface area contributed by atoms with Crippen LogP contribution in [0.5, 0.6) is 0 Å². The monoisotopic (exact) mass is 411 g/mol. The second kappa shape index (κ2) is 7.95. The molecule has 0 aliphatic carbocycles. The summed E-state index contributed by atoms with van der Waals surface area (Å²) in [7, 11) is 0. The summed E-state index contributed by atoms with van der Waals surface area (Å²) >= 11 is 0. The molecule has 3 heterocycles. The summed E-state index contributed by atoms with van der Waals surface area (Å²) in [6.07, 6.45) is 4.38. The van der Waals surface area contributed by atoms with Crippen LogP contribution in [0.3, 0.4) is 0 Å². The summed E-state index contributed by atoms with van der Waals surface area (Å²) in [6.45, 7) is 0. The van der Waals surface area contributed by atoms with Crippen molar-refractivity contribution >= 4 is 17.4 Å². The molecule has 1 atom stereocenters. The van der Waals surface area contributed by atoms with E-state index in [1.54, 1.807) is 35.2 Å². The summed E-state index contributed by atoms with van der Waals surface area (Å²) in [6, 6.07) is 20.1. The average molecular weight is 411 g/mol. The molecule has 7 nitrogen and oxygen atoms in total. The van der Waals surface area contributed by atoms with Crippen LogP contribution in [0.25, 0.3) is 11.5 Å². The number of fused-ring (bicyclic) bond motifs is 1. The van der Waals surface area contributed by atoms with Gasteiger partial charge < -0.3 is 4.42 Å².